The van der Waals surface area contributed by atoms with Crippen molar-refractivity contribution in [2.24, 2.45) is 0 Å². The van der Waals surface area contributed by atoms with Gasteiger partial charge in [-0.25, -0.2) is 9.71 Å². The summed E-state index contributed by atoms with van der Waals surface area (Å²) >= 11 is 0. The van der Waals surface area contributed by atoms with Crippen LogP contribution < -0.4 is 4.72 Å². The van der Waals surface area contributed by atoms with Gasteiger partial charge in [0.2, 0.25) is 0 Å². The molecule has 0 atom stereocenters. The van der Waals surface area contributed by atoms with E-state index in [-0.39, 0.29) is 6.54 Å². The number of hydrogen-bond acceptors (Lipinski definition) is 5. The molecule has 0 saturated carbocycles. The van der Waals surface area contributed by atoms with Crippen molar-refractivity contribution in [2.75, 3.05) is 32.8 Å². The fourth-order valence-electron chi connectivity index (χ4n) is 2.71. The highest BCUT2D eigenvalue weighted by Crippen LogP contribution is 2.08. The smallest absolute Gasteiger partial charge is 0.279 e. The van der Waals surface area contributed by atoms with Crippen LogP contribution in [0.4, 0.5) is 0 Å². The Balaban J connectivity index is 1.50. The summed E-state index contributed by atoms with van der Waals surface area (Å²) in [5, 5.41) is 7.08. The first-order valence-corrected chi connectivity index (χ1v) is 9.75. The number of nitrogens with zero attached hydrogens (tertiary/aromatic N) is 3. The Hall–Kier alpha value is -1.81. The first kappa shape index (κ1) is 18.0. The van der Waals surface area contributed by atoms with E-state index in [4.69, 9.17) is 4.74 Å². The van der Waals surface area contributed by atoms with E-state index in [1.807, 2.05) is 12.1 Å². The number of H-pyrrole nitrogens is 1. The van der Waals surface area contributed by atoms with Crippen molar-refractivity contribution in [1.82, 2.24) is 24.2 Å². The predicted molar refractivity (Wildman–Crippen MR) is 93.4 cm³/mol. The summed E-state index contributed by atoms with van der Waals surface area (Å²) < 4.78 is 33.5. The average Bonchev–Trinajstić information content (AvgIpc) is 3.03. The molecule has 0 bridgehead atoms. The molecule has 1 fully saturated rings. The highest BCUT2D eigenvalue weighted by Gasteiger charge is 2.23. The third-order valence-electron chi connectivity index (χ3n) is 3.98. The molecule has 0 spiro atoms. The average molecular weight is 365 g/mol. The van der Waals surface area contributed by atoms with Crippen LogP contribution in [-0.2, 0) is 27.8 Å². The van der Waals surface area contributed by atoms with Gasteiger partial charge in [0.1, 0.15) is 5.82 Å². The van der Waals surface area contributed by atoms with Crippen LogP contribution in [0, 0.1) is 6.92 Å². The lowest BCUT2D eigenvalue weighted by atomic mass is 10.1. The van der Waals surface area contributed by atoms with Gasteiger partial charge in [-0.15, -0.1) is 0 Å². The molecular formula is C16H23N5O3S. The van der Waals surface area contributed by atoms with Crippen molar-refractivity contribution in [3.8, 4) is 0 Å². The van der Waals surface area contributed by atoms with Crippen molar-refractivity contribution in [2.45, 2.75) is 19.8 Å². The third-order valence-corrected chi connectivity index (χ3v) is 5.59. The first-order chi connectivity index (χ1) is 12.0. The second kappa shape index (κ2) is 8.05. The van der Waals surface area contributed by atoms with Gasteiger partial charge >= 0.3 is 0 Å². The maximum absolute atomic E-state index is 12.2. The van der Waals surface area contributed by atoms with E-state index in [0.29, 0.717) is 45.0 Å². The topological polar surface area (TPSA) is 100 Å². The predicted octanol–water partition coefficient (Wildman–Crippen LogP) is 0.413. The number of nitrogens with one attached hydrogen (secondary N) is 2. The Kier molecular flexibility index (Phi) is 5.79. The molecule has 0 radical (unpaired) electrons. The van der Waals surface area contributed by atoms with E-state index in [9.17, 15) is 8.42 Å². The number of morpholine rings is 1. The fraction of sp³-hybridized carbons (Fsp3) is 0.500. The number of hydrogen-bond donors (Lipinski definition) is 2. The first-order valence-electron chi connectivity index (χ1n) is 8.31. The summed E-state index contributed by atoms with van der Waals surface area (Å²) in [6.07, 6.45) is 1.11. The summed E-state index contributed by atoms with van der Waals surface area (Å²) in [5.74, 6) is 1.38. The van der Waals surface area contributed by atoms with Crippen molar-refractivity contribution in [3.63, 3.8) is 0 Å². The molecule has 9 heteroatoms. The maximum atomic E-state index is 12.2. The van der Waals surface area contributed by atoms with Gasteiger partial charge in [0, 0.05) is 32.5 Å². The molecular weight excluding hydrogens is 342 g/mol. The molecule has 2 N–H and O–H groups in total. The van der Waals surface area contributed by atoms with E-state index in [0.717, 1.165) is 11.4 Å². The zero-order valence-electron chi connectivity index (χ0n) is 14.2. The van der Waals surface area contributed by atoms with Gasteiger partial charge in [-0.1, -0.05) is 29.8 Å². The lowest BCUT2D eigenvalue weighted by Crippen LogP contribution is -2.47. The molecule has 8 nitrogen and oxygen atoms in total. The normalized spacial score (nSPS) is 16.2. The quantitative estimate of drug-likeness (QED) is 0.740. The fourth-order valence-corrected chi connectivity index (χ4v) is 3.88. The second-order valence-corrected chi connectivity index (χ2v) is 7.78. The Morgan fingerprint density at radius 2 is 2.12 bits per heavy atom. The molecule has 0 aliphatic carbocycles. The van der Waals surface area contributed by atoms with Crippen molar-refractivity contribution < 1.29 is 13.2 Å². The van der Waals surface area contributed by atoms with E-state index in [1.54, 1.807) is 0 Å². The van der Waals surface area contributed by atoms with Crippen molar-refractivity contribution in [1.29, 1.82) is 0 Å². The molecule has 1 aromatic carbocycles. The van der Waals surface area contributed by atoms with Crippen molar-refractivity contribution in [3.05, 3.63) is 47.0 Å². The standard InChI is InChI=1S/C16H23N5O3S/c1-13-3-2-4-14(11-13)12-16-18-15(19-20-16)5-6-17-25(22,23)21-7-9-24-10-8-21/h2-4,11,17H,5-10,12H2,1H3,(H,18,19,20). The van der Waals surface area contributed by atoms with Crippen LogP contribution >= 0.6 is 0 Å². The van der Waals surface area contributed by atoms with Crippen LogP contribution in [0.2, 0.25) is 0 Å². The van der Waals surface area contributed by atoms with Crippen LogP contribution in [0.15, 0.2) is 24.3 Å². The summed E-state index contributed by atoms with van der Waals surface area (Å²) in [6, 6.07) is 8.22. The minimum absolute atomic E-state index is 0.265. The van der Waals surface area contributed by atoms with E-state index in [2.05, 4.69) is 39.0 Å². The molecule has 1 saturated heterocycles. The third kappa shape index (κ3) is 5.08. The monoisotopic (exact) mass is 365 g/mol. The molecule has 1 aliphatic rings. The van der Waals surface area contributed by atoms with Gasteiger partial charge in [0.05, 0.1) is 13.2 Å². The maximum Gasteiger partial charge on any atom is 0.279 e. The molecule has 0 unspecified atom stereocenters. The highest BCUT2D eigenvalue weighted by molar-refractivity contribution is 7.87. The summed E-state index contributed by atoms with van der Waals surface area (Å²) in [4.78, 5) is 4.43. The molecule has 0 amide bonds. The number of rotatable bonds is 7. The van der Waals surface area contributed by atoms with E-state index < -0.39 is 10.2 Å². The van der Waals surface area contributed by atoms with Crippen LogP contribution in [0.3, 0.4) is 0 Å². The van der Waals surface area contributed by atoms with Gasteiger partial charge in [0.25, 0.3) is 10.2 Å². The Bertz CT molecular complexity index is 800. The summed E-state index contributed by atoms with van der Waals surface area (Å²) in [5.41, 5.74) is 2.37. The lowest BCUT2D eigenvalue weighted by Gasteiger charge is -2.25. The molecule has 1 aromatic heterocycles. The minimum Gasteiger partial charge on any atom is -0.379 e. The molecule has 25 heavy (non-hydrogen) atoms. The SMILES string of the molecule is Cc1cccc(Cc2nc(CCNS(=O)(=O)N3CCOCC3)n[nH]2)c1. The van der Waals surface area contributed by atoms with Gasteiger partial charge in [-0.2, -0.15) is 17.8 Å². The Morgan fingerprint density at radius 1 is 1.32 bits per heavy atom. The number of aromatic nitrogens is 3. The Labute approximate surface area is 147 Å². The number of ether oxygens (including phenoxy) is 1. The molecule has 1 aliphatic heterocycles. The zero-order chi connectivity index (χ0) is 17.7. The van der Waals surface area contributed by atoms with Gasteiger partial charge < -0.3 is 4.74 Å². The van der Waals surface area contributed by atoms with Crippen LogP contribution in [0.1, 0.15) is 22.8 Å². The number of benzene rings is 1. The largest absolute Gasteiger partial charge is 0.379 e. The Morgan fingerprint density at radius 3 is 2.88 bits per heavy atom. The zero-order valence-corrected chi connectivity index (χ0v) is 15.1. The van der Waals surface area contributed by atoms with Crippen LogP contribution in [0.5, 0.6) is 0 Å². The minimum atomic E-state index is -3.46. The second-order valence-electron chi connectivity index (χ2n) is 6.02. The van der Waals surface area contributed by atoms with Gasteiger partial charge in [0.15, 0.2) is 5.82 Å². The van der Waals surface area contributed by atoms with Gasteiger partial charge in [-0.05, 0) is 12.5 Å². The number of aromatic amines is 1. The molecule has 136 valence electrons. The molecule has 3 rings (SSSR count). The molecule has 2 aromatic rings. The lowest BCUT2D eigenvalue weighted by molar-refractivity contribution is 0.0725. The van der Waals surface area contributed by atoms with Gasteiger partial charge in [-0.3, -0.25) is 5.10 Å². The van der Waals surface area contributed by atoms with Crippen LogP contribution in [-0.4, -0.2) is 60.8 Å². The van der Waals surface area contributed by atoms with Crippen molar-refractivity contribution >= 4 is 10.2 Å². The van der Waals surface area contributed by atoms with E-state index >= 15 is 0 Å². The van der Waals surface area contributed by atoms with E-state index in [1.165, 1.54) is 9.87 Å². The van der Waals surface area contributed by atoms with Crippen LogP contribution in [0.25, 0.3) is 0 Å². The summed E-state index contributed by atoms with van der Waals surface area (Å²) in [6.45, 7) is 3.96. The summed E-state index contributed by atoms with van der Waals surface area (Å²) in [7, 11) is -3.46. The highest BCUT2D eigenvalue weighted by atomic mass is 32.2. The number of aryl methyl sites for hydroxylation is 1. The molecule has 2 heterocycles.